The van der Waals surface area contributed by atoms with Crippen LogP contribution in [-0.4, -0.2) is 34.0 Å². The highest BCUT2D eigenvalue weighted by Crippen LogP contribution is 2.35. The van der Waals surface area contributed by atoms with E-state index < -0.39 is 50.3 Å². The van der Waals surface area contributed by atoms with E-state index in [1.54, 1.807) is 0 Å². The minimum atomic E-state index is -3.79. The Bertz CT molecular complexity index is 1990. The molecule has 5 aromatic rings. The lowest BCUT2D eigenvalue weighted by Crippen LogP contribution is -2.30. The topological polar surface area (TPSA) is 125 Å². The molecule has 0 spiro atoms. The quantitative estimate of drug-likeness (QED) is 0.285. The fourth-order valence-electron chi connectivity index (χ4n) is 4.59. The molecule has 2 heterocycles. The van der Waals surface area contributed by atoms with E-state index in [4.69, 9.17) is 17.3 Å². The lowest BCUT2D eigenvalue weighted by atomic mass is 10.0. The van der Waals surface area contributed by atoms with E-state index >= 15 is 0 Å². The molecule has 40 heavy (non-hydrogen) atoms. The van der Waals surface area contributed by atoms with Crippen LogP contribution in [0.1, 0.15) is 17.4 Å². The Morgan fingerprint density at radius 1 is 1.02 bits per heavy atom. The Kier molecular flexibility index (Phi) is 6.80. The SMILES string of the molecule is Cn1nc(NS(C)(=O)=O)c2c(Cl)ccc(-n3c(C(N)Cc4cc(F)cc(F)c4)nc4cc(F)cc(F)c4c3=O)c21. The molecule has 0 radical (unpaired) electrons. The molecule has 15 heteroatoms. The molecule has 208 valence electrons. The highest BCUT2D eigenvalue weighted by Gasteiger charge is 2.26. The third-order valence-electron chi connectivity index (χ3n) is 6.06. The van der Waals surface area contributed by atoms with Gasteiger partial charge < -0.3 is 5.73 Å². The van der Waals surface area contributed by atoms with Crippen molar-refractivity contribution in [1.82, 2.24) is 19.3 Å². The molecule has 2 aromatic heterocycles. The Labute approximate surface area is 228 Å². The fourth-order valence-corrected chi connectivity index (χ4v) is 5.33. The van der Waals surface area contributed by atoms with E-state index in [1.807, 2.05) is 0 Å². The first-order valence-electron chi connectivity index (χ1n) is 11.5. The molecule has 0 bridgehead atoms. The first-order valence-corrected chi connectivity index (χ1v) is 13.8. The molecule has 0 aliphatic rings. The maximum atomic E-state index is 14.9. The molecule has 0 aliphatic carbocycles. The highest BCUT2D eigenvalue weighted by atomic mass is 35.5. The number of nitrogens with two attached hydrogens (primary N) is 1. The van der Waals surface area contributed by atoms with E-state index in [0.29, 0.717) is 12.1 Å². The highest BCUT2D eigenvalue weighted by molar-refractivity contribution is 7.92. The first-order chi connectivity index (χ1) is 18.7. The maximum absolute atomic E-state index is 14.9. The van der Waals surface area contributed by atoms with E-state index in [9.17, 15) is 30.8 Å². The van der Waals surface area contributed by atoms with Gasteiger partial charge in [0.05, 0.1) is 39.4 Å². The summed E-state index contributed by atoms with van der Waals surface area (Å²) in [6.45, 7) is 0. The zero-order valence-electron chi connectivity index (χ0n) is 20.7. The van der Waals surface area contributed by atoms with Gasteiger partial charge in [-0.3, -0.25) is 18.8 Å². The minimum Gasteiger partial charge on any atom is -0.321 e. The molecule has 5 rings (SSSR count). The standard InChI is InChI=1S/C25H19ClF4N6O3S/c1-35-22-19(4-3-15(26)20(22)23(33-35)34-40(2,38)39)36-24(17(31)7-11-5-12(27)8-13(28)6-11)32-18-10-14(29)9-16(30)21(18)25(36)37/h3-6,8-10,17H,7,31H2,1-2H3,(H,33,34). The first kappa shape index (κ1) is 27.6. The second kappa shape index (κ2) is 9.87. The molecule has 3 N–H and O–H groups in total. The van der Waals surface area contributed by atoms with Gasteiger partial charge in [0.25, 0.3) is 5.56 Å². The number of sulfonamides is 1. The van der Waals surface area contributed by atoms with Crippen LogP contribution in [0.3, 0.4) is 0 Å². The molecule has 1 unspecified atom stereocenters. The van der Waals surface area contributed by atoms with Gasteiger partial charge in [-0.1, -0.05) is 11.6 Å². The summed E-state index contributed by atoms with van der Waals surface area (Å²) >= 11 is 6.39. The van der Waals surface area contributed by atoms with Gasteiger partial charge in [-0.25, -0.2) is 31.0 Å². The number of fused-ring (bicyclic) bond motifs is 2. The van der Waals surface area contributed by atoms with Gasteiger partial charge in [0.15, 0.2) is 5.82 Å². The molecule has 3 aromatic carbocycles. The second-order valence-electron chi connectivity index (χ2n) is 9.12. The summed E-state index contributed by atoms with van der Waals surface area (Å²) in [6, 6.07) is 5.72. The van der Waals surface area contributed by atoms with Crippen molar-refractivity contribution in [2.45, 2.75) is 12.5 Å². The smallest absolute Gasteiger partial charge is 0.269 e. The number of hydrogen-bond donors (Lipinski definition) is 2. The number of hydrogen-bond acceptors (Lipinski definition) is 6. The van der Waals surface area contributed by atoms with Crippen molar-refractivity contribution >= 4 is 49.2 Å². The number of anilines is 1. The molecule has 0 saturated carbocycles. The molecule has 1 atom stereocenters. The zero-order valence-corrected chi connectivity index (χ0v) is 22.3. The minimum absolute atomic E-state index is 0.0370. The predicted molar refractivity (Wildman–Crippen MR) is 142 cm³/mol. The Morgan fingerprint density at radius 2 is 1.68 bits per heavy atom. The van der Waals surface area contributed by atoms with E-state index in [2.05, 4.69) is 14.8 Å². The van der Waals surface area contributed by atoms with Crippen LogP contribution in [0.25, 0.3) is 27.5 Å². The number of rotatable bonds is 6. The molecule has 0 saturated heterocycles. The van der Waals surface area contributed by atoms with Gasteiger partial charge >= 0.3 is 0 Å². The van der Waals surface area contributed by atoms with Crippen LogP contribution in [-0.2, 0) is 23.5 Å². The number of nitrogens with one attached hydrogen (secondary N) is 1. The van der Waals surface area contributed by atoms with Crippen molar-refractivity contribution in [2.75, 3.05) is 11.0 Å². The normalized spacial score (nSPS) is 12.8. The van der Waals surface area contributed by atoms with Gasteiger partial charge in [0.2, 0.25) is 10.0 Å². The van der Waals surface area contributed by atoms with Crippen molar-refractivity contribution in [3.05, 3.63) is 92.5 Å². The molecule has 9 nitrogen and oxygen atoms in total. The van der Waals surface area contributed by atoms with Gasteiger partial charge in [0, 0.05) is 25.2 Å². The summed E-state index contributed by atoms with van der Waals surface area (Å²) in [5, 5.41) is 3.82. The Morgan fingerprint density at radius 3 is 2.33 bits per heavy atom. The largest absolute Gasteiger partial charge is 0.321 e. The predicted octanol–water partition coefficient (Wildman–Crippen LogP) is 4.10. The van der Waals surface area contributed by atoms with Crippen molar-refractivity contribution in [3.63, 3.8) is 0 Å². The van der Waals surface area contributed by atoms with Crippen molar-refractivity contribution in [1.29, 1.82) is 0 Å². The molecular weight excluding hydrogens is 576 g/mol. The van der Waals surface area contributed by atoms with Crippen molar-refractivity contribution in [3.8, 4) is 5.69 Å². The van der Waals surface area contributed by atoms with E-state index in [1.165, 1.54) is 23.9 Å². The summed E-state index contributed by atoms with van der Waals surface area (Å²) in [4.78, 5) is 18.1. The lowest BCUT2D eigenvalue weighted by molar-refractivity contribution is 0.571. The summed E-state index contributed by atoms with van der Waals surface area (Å²) in [5.41, 5.74) is 5.43. The third-order valence-corrected chi connectivity index (χ3v) is 6.94. The molecule has 0 fully saturated rings. The monoisotopic (exact) mass is 594 g/mol. The lowest BCUT2D eigenvalue weighted by Gasteiger charge is -2.20. The van der Waals surface area contributed by atoms with Crippen LogP contribution in [0.15, 0.2) is 47.3 Å². The number of halogens is 5. The number of aromatic nitrogens is 4. The maximum Gasteiger partial charge on any atom is 0.269 e. The van der Waals surface area contributed by atoms with Crippen LogP contribution in [0.2, 0.25) is 5.02 Å². The van der Waals surface area contributed by atoms with Crippen LogP contribution >= 0.6 is 11.6 Å². The summed E-state index contributed by atoms with van der Waals surface area (Å²) in [5.74, 6) is -4.20. The fraction of sp³-hybridized carbons (Fsp3) is 0.160. The number of nitrogens with zero attached hydrogens (tertiary/aromatic N) is 4. The molecular formula is C25H19ClF4N6O3S. The second-order valence-corrected chi connectivity index (χ2v) is 11.3. The number of benzene rings is 3. The van der Waals surface area contributed by atoms with Gasteiger partial charge in [-0.05, 0) is 36.2 Å². The van der Waals surface area contributed by atoms with Crippen LogP contribution in [0, 0.1) is 23.3 Å². The van der Waals surface area contributed by atoms with E-state index in [-0.39, 0.29) is 50.8 Å². The summed E-state index contributed by atoms with van der Waals surface area (Å²) in [7, 11) is -2.33. The molecule has 0 amide bonds. The van der Waals surface area contributed by atoms with Crippen LogP contribution in [0.4, 0.5) is 23.4 Å². The van der Waals surface area contributed by atoms with Crippen molar-refractivity contribution < 1.29 is 26.0 Å². The zero-order chi connectivity index (χ0) is 29.1. The summed E-state index contributed by atoms with van der Waals surface area (Å²) < 4.78 is 85.0. The van der Waals surface area contributed by atoms with Crippen LogP contribution < -0.4 is 16.0 Å². The Balaban J connectivity index is 1.84. The molecule has 0 aliphatic heterocycles. The van der Waals surface area contributed by atoms with Gasteiger partial charge in [-0.2, -0.15) is 5.10 Å². The third kappa shape index (κ3) is 5.00. The van der Waals surface area contributed by atoms with Gasteiger partial charge in [-0.15, -0.1) is 0 Å². The Hall–Kier alpha value is -4.01. The van der Waals surface area contributed by atoms with Crippen LogP contribution in [0.5, 0.6) is 0 Å². The average molecular weight is 595 g/mol. The number of aryl methyl sites for hydroxylation is 1. The van der Waals surface area contributed by atoms with Gasteiger partial charge in [0.1, 0.15) is 34.5 Å². The summed E-state index contributed by atoms with van der Waals surface area (Å²) in [6.07, 6.45) is 0.699. The van der Waals surface area contributed by atoms with Crippen molar-refractivity contribution in [2.24, 2.45) is 12.8 Å². The average Bonchev–Trinajstić information content (AvgIpc) is 3.13. The van der Waals surface area contributed by atoms with E-state index in [0.717, 1.165) is 29.0 Å².